The number of nitrogens with one attached hydrogen (secondary N) is 1. The first-order valence-corrected chi connectivity index (χ1v) is 7.89. The molecular weight excluding hydrogens is 334 g/mol. The number of rotatable bonds is 14. The first-order chi connectivity index (χ1) is 11.6. The van der Waals surface area contributed by atoms with E-state index in [1.807, 2.05) is 0 Å². The fraction of sp³-hybridized carbons (Fsp3) is 0.733. The van der Waals surface area contributed by atoms with E-state index in [9.17, 15) is 24.3 Å². The fourth-order valence-electron chi connectivity index (χ4n) is 2.20. The quantitative estimate of drug-likeness (QED) is 0.192. The van der Waals surface area contributed by atoms with Gasteiger partial charge in [-0.3, -0.25) is 19.2 Å². The van der Waals surface area contributed by atoms with Gasteiger partial charge in [0.1, 0.15) is 5.78 Å². The van der Waals surface area contributed by atoms with Crippen LogP contribution in [0.5, 0.6) is 0 Å². The molecule has 0 aliphatic heterocycles. The Morgan fingerprint density at radius 1 is 1.12 bits per heavy atom. The molecule has 0 rings (SSSR count). The summed E-state index contributed by atoms with van der Waals surface area (Å²) in [5.74, 6) is -4.48. The van der Waals surface area contributed by atoms with Crippen molar-refractivity contribution in [2.75, 3.05) is 19.7 Å². The Morgan fingerprint density at radius 2 is 1.72 bits per heavy atom. The van der Waals surface area contributed by atoms with Gasteiger partial charge in [-0.15, -0.1) is 0 Å². The van der Waals surface area contributed by atoms with Gasteiger partial charge in [0.2, 0.25) is 5.91 Å². The minimum absolute atomic E-state index is 0.115. The summed E-state index contributed by atoms with van der Waals surface area (Å²) in [5.41, 5.74) is 10.6. The van der Waals surface area contributed by atoms with E-state index in [0.717, 1.165) is 0 Å². The van der Waals surface area contributed by atoms with Crippen LogP contribution in [0.1, 0.15) is 26.2 Å². The third-order valence-corrected chi connectivity index (χ3v) is 3.67. The zero-order valence-corrected chi connectivity index (χ0v) is 14.2. The number of primary amides is 1. The number of hydrogen-bond acceptors (Lipinski definition) is 8. The minimum Gasteiger partial charge on any atom is -0.481 e. The second kappa shape index (κ2) is 11.6. The van der Waals surface area contributed by atoms with Crippen molar-refractivity contribution in [2.45, 2.75) is 38.3 Å². The number of nitrogens with two attached hydrogens (primary N) is 2. The summed E-state index contributed by atoms with van der Waals surface area (Å²) in [6.07, 6.45) is -1.58. The smallest absolute Gasteiger partial charge is 0.309 e. The van der Waals surface area contributed by atoms with E-state index < -0.39 is 54.0 Å². The largest absolute Gasteiger partial charge is 0.481 e. The topological polar surface area (TPSA) is 193 Å². The van der Waals surface area contributed by atoms with Gasteiger partial charge in [0, 0.05) is 19.3 Å². The zero-order chi connectivity index (χ0) is 19.6. The predicted octanol–water partition coefficient (Wildman–Crippen LogP) is -2.61. The standard InChI is InChI=1S/C15H27N3O7/c1-8(20)14(17)12(22)6-18-5-9(3-13(16)23)2-11(21)4-10(7-19)15(24)25/h8-10,14,18-20H,2-7,17H2,1H3,(H2,16,23)(H,24,25)/t8?,9-,10-,14-/m1/s1. The Labute approximate surface area is 145 Å². The molecule has 10 nitrogen and oxygen atoms in total. The second-order valence-electron chi connectivity index (χ2n) is 6.06. The molecule has 1 amide bonds. The number of hydrogen-bond donors (Lipinski definition) is 6. The lowest BCUT2D eigenvalue weighted by atomic mass is 9.93. The lowest BCUT2D eigenvalue weighted by Crippen LogP contribution is -2.45. The van der Waals surface area contributed by atoms with E-state index in [1.165, 1.54) is 6.92 Å². The molecule has 0 radical (unpaired) electrons. The van der Waals surface area contributed by atoms with Crippen LogP contribution in [0, 0.1) is 11.8 Å². The number of aliphatic carboxylic acids is 1. The molecule has 0 saturated heterocycles. The number of aliphatic hydroxyl groups excluding tert-OH is 2. The SMILES string of the molecule is CC(O)[C@@H](N)C(=O)CNC[C@@H](CC(N)=O)CC(=O)C[C@H](CO)C(=O)O. The predicted molar refractivity (Wildman–Crippen MR) is 87.3 cm³/mol. The van der Waals surface area contributed by atoms with Crippen LogP contribution in [0.4, 0.5) is 0 Å². The van der Waals surface area contributed by atoms with E-state index in [-0.39, 0.29) is 32.4 Å². The Bertz CT molecular complexity index is 482. The van der Waals surface area contributed by atoms with Crippen molar-refractivity contribution in [1.82, 2.24) is 5.32 Å². The summed E-state index contributed by atoms with van der Waals surface area (Å²) in [4.78, 5) is 45.5. The van der Waals surface area contributed by atoms with Crippen molar-refractivity contribution in [3.63, 3.8) is 0 Å². The Hall–Kier alpha value is -1.88. The van der Waals surface area contributed by atoms with Crippen LogP contribution in [-0.4, -0.2) is 70.6 Å². The van der Waals surface area contributed by atoms with Crippen molar-refractivity contribution in [3.05, 3.63) is 0 Å². The molecule has 4 atom stereocenters. The van der Waals surface area contributed by atoms with Gasteiger partial charge in [-0.05, 0) is 19.4 Å². The molecule has 0 heterocycles. The van der Waals surface area contributed by atoms with Crippen molar-refractivity contribution in [1.29, 1.82) is 0 Å². The molecule has 8 N–H and O–H groups in total. The third-order valence-electron chi connectivity index (χ3n) is 3.67. The van der Waals surface area contributed by atoms with Crippen molar-refractivity contribution < 1.29 is 34.5 Å². The normalized spacial score (nSPS) is 15.8. The summed E-state index contributed by atoms with van der Waals surface area (Å²) >= 11 is 0. The van der Waals surface area contributed by atoms with Crippen LogP contribution in [0.2, 0.25) is 0 Å². The number of carboxylic acid groups (broad SMARTS) is 1. The minimum atomic E-state index is -1.28. The van der Waals surface area contributed by atoms with Gasteiger partial charge in [0.05, 0.1) is 31.2 Å². The van der Waals surface area contributed by atoms with Crippen molar-refractivity contribution in [3.8, 4) is 0 Å². The zero-order valence-electron chi connectivity index (χ0n) is 14.2. The number of carbonyl (C=O) groups excluding carboxylic acids is 3. The molecule has 144 valence electrons. The van der Waals surface area contributed by atoms with Gasteiger partial charge in [0.15, 0.2) is 5.78 Å². The van der Waals surface area contributed by atoms with E-state index >= 15 is 0 Å². The molecule has 25 heavy (non-hydrogen) atoms. The molecule has 10 heteroatoms. The second-order valence-corrected chi connectivity index (χ2v) is 6.06. The maximum Gasteiger partial charge on any atom is 0.309 e. The summed E-state index contributed by atoms with van der Waals surface area (Å²) in [6, 6.07) is -1.04. The van der Waals surface area contributed by atoms with Gasteiger partial charge in [-0.2, -0.15) is 0 Å². The highest BCUT2D eigenvalue weighted by molar-refractivity contribution is 5.86. The molecule has 1 unspecified atom stereocenters. The van der Waals surface area contributed by atoms with Crippen LogP contribution in [0.25, 0.3) is 0 Å². The highest BCUT2D eigenvalue weighted by Gasteiger charge is 2.24. The van der Waals surface area contributed by atoms with E-state index in [1.54, 1.807) is 0 Å². The van der Waals surface area contributed by atoms with Crippen LogP contribution in [0.3, 0.4) is 0 Å². The average molecular weight is 361 g/mol. The molecule has 0 aliphatic carbocycles. The Kier molecular flexibility index (Phi) is 10.8. The lowest BCUT2D eigenvalue weighted by Gasteiger charge is -2.18. The molecule has 0 aromatic carbocycles. The highest BCUT2D eigenvalue weighted by Crippen LogP contribution is 2.13. The molecule has 0 saturated carbocycles. The average Bonchev–Trinajstić information content (AvgIpc) is 2.50. The number of Topliss-reactive ketones (excluding diaryl/α,β-unsaturated/α-hetero) is 2. The molecule has 0 fully saturated rings. The van der Waals surface area contributed by atoms with Crippen LogP contribution >= 0.6 is 0 Å². The maximum absolute atomic E-state index is 11.9. The molecule has 0 aromatic rings. The van der Waals surface area contributed by atoms with Crippen molar-refractivity contribution >= 4 is 23.4 Å². The van der Waals surface area contributed by atoms with Crippen LogP contribution in [0.15, 0.2) is 0 Å². The van der Waals surface area contributed by atoms with Gasteiger partial charge in [-0.25, -0.2) is 0 Å². The first kappa shape index (κ1) is 23.1. The summed E-state index contributed by atoms with van der Waals surface area (Å²) in [6.45, 7) is 0.691. The molecule has 0 aromatic heterocycles. The summed E-state index contributed by atoms with van der Waals surface area (Å²) in [7, 11) is 0. The van der Waals surface area contributed by atoms with Gasteiger partial charge in [0.25, 0.3) is 0 Å². The lowest BCUT2D eigenvalue weighted by molar-refractivity contribution is -0.145. The molecule has 0 bridgehead atoms. The van der Waals surface area contributed by atoms with E-state index in [2.05, 4.69) is 5.32 Å². The van der Waals surface area contributed by atoms with Gasteiger partial charge >= 0.3 is 5.97 Å². The van der Waals surface area contributed by atoms with Crippen molar-refractivity contribution in [2.24, 2.45) is 23.3 Å². The number of carboxylic acids is 1. The van der Waals surface area contributed by atoms with E-state index in [4.69, 9.17) is 21.7 Å². The monoisotopic (exact) mass is 361 g/mol. The first-order valence-electron chi connectivity index (χ1n) is 7.89. The summed E-state index contributed by atoms with van der Waals surface area (Å²) < 4.78 is 0. The third kappa shape index (κ3) is 9.87. The molecular formula is C15H27N3O7. The number of amides is 1. The number of carbonyl (C=O) groups is 4. The molecule has 0 aliphatic rings. The number of aliphatic hydroxyl groups is 2. The van der Waals surface area contributed by atoms with Crippen LogP contribution in [-0.2, 0) is 19.2 Å². The van der Waals surface area contributed by atoms with Gasteiger partial charge < -0.3 is 32.1 Å². The Balaban J connectivity index is 4.55. The maximum atomic E-state index is 11.9. The molecule has 0 spiro atoms. The fourth-order valence-corrected chi connectivity index (χ4v) is 2.20. The van der Waals surface area contributed by atoms with Crippen LogP contribution < -0.4 is 16.8 Å². The Morgan fingerprint density at radius 3 is 2.16 bits per heavy atom. The van der Waals surface area contributed by atoms with E-state index in [0.29, 0.717) is 0 Å². The number of ketones is 2. The van der Waals surface area contributed by atoms with Gasteiger partial charge in [-0.1, -0.05) is 0 Å². The highest BCUT2D eigenvalue weighted by atomic mass is 16.4. The summed E-state index contributed by atoms with van der Waals surface area (Å²) in [5, 5.41) is 29.8.